The molecular formula is C15H13FO2. The molecule has 92 valence electrons. The van der Waals surface area contributed by atoms with Gasteiger partial charge in [0.1, 0.15) is 5.82 Å². The van der Waals surface area contributed by atoms with E-state index in [2.05, 4.69) is 0 Å². The van der Waals surface area contributed by atoms with Gasteiger partial charge in [-0.3, -0.25) is 0 Å². The number of hydrogen-bond donors (Lipinski definition) is 0. The molecule has 0 N–H and O–H groups in total. The molecule has 0 heterocycles. The van der Waals surface area contributed by atoms with E-state index in [9.17, 15) is 9.18 Å². The van der Waals surface area contributed by atoms with E-state index in [1.165, 1.54) is 24.3 Å². The predicted molar refractivity (Wildman–Crippen MR) is 66.8 cm³/mol. The second-order valence-electron chi connectivity index (χ2n) is 3.88. The standard InChI is InChI=1S/C15H13FO2/c16-14-8-6-13(7-9-14)15(17)18-11-10-12-4-2-1-3-5-12/h1-9H,10-11H2. The Bertz CT molecular complexity index is 506. The van der Waals surface area contributed by atoms with E-state index < -0.39 is 5.97 Å². The number of hydrogen-bond acceptors (Lipinski definition) is 2. The molecule has 0 atom stereocenters. The third-order valence-electron chi connectivity index (χ3n) is 2.55. The molecule has 0 saturated heterocycles. The highest BCUT2D eigenvalue weighted by molar-refractivity contribution is 5.89. The van der Waals surface area contributed by atoms with Crippen LogP contribution in [0.5, 0.6) is 0 Å². The van der Waals surface area contributed by atoms with Gasteiger partial charge < -0.3 is 4.74 Å². The summed E-state index contributed by atoms with van der Waals surface area (Å²) in [5.41, 5.74) is 1.48. The van der Waals surface area contributed by atoms with Gasteiger partial charge in [0.15, 0.2) is 0 Å². The first-order valence-corrected chi connectivity index (χ1v) is 5.72. The summed E-state index contributed by atoms with van der Waals surface area (Å²) in [6, 6.07) is 15.1. The van der Waals surface area contributed by atoms with Gasteiger partial charge in [0.2, 0.25) is 0 Å². The van der Waals surface area contributed by atoms with Gasteiger partial charge >= 0.3 is 5.97 Å². The Balaban J connectivity index is 1.84. The molecule has 0 amide bonds. The van der Waals surface area contributed by atoms with Crippen molar-refractivity contribution < 1.29 is 13.9 Å². The van der Waals surface area contributed by atoms with E-state index in [0.717, 1.165) is 5.56 Å². The van der Waals surface area contributed by atoms with Gasteiger partial charge in [-0.15, -0.1) is 0 Å². The van der Waals surface area contributed by atoms with Crippen LogP contribution < -0.4 is 0 Å². The second kappa shape index (κ2) is 5.96. The average molecular weight is 244 g/mol. The van der Waals surface area contributed by atoms with Crippen LogP contribution in [0, 0.1) is 5.82 Å². The quantitative estimate of drug-likeness (QED) is 0.772. The molecule has 2 nitrogen and oxygen atoms in total. The summed E-state index contributed by atoms with van der Waals surface area (Å²) in [7, 11) is 0. The molecule has 0 aromatic heterocycles. The van der Waals surface area contributed by atoms with E-state index in [0.29, 0.717) is 18.6 Å². The van der Waals surface area contributed by atoms with E-state index in [4.69, 9.17) is 4.74 Å². The molecule has 0 bridgehead atoms. The van der Waals surface area contributed by atoms with Crippen molar-refractivity contribution >= 4 is 5.97 Å². The Kier molecular flexibility index (Phi) is 4.07. The highest BCUT2D eigenvalue weighted by Gasteiger charge is 2.06. The highest BCUT2D eigenvalue weighted by atomic mass is 19.1. The van der Waals surface area contributed by atoms with Crippen molar-refractivity contribution in [2.24, 2.45) is 0 Å². The molecule has 2 aromatic carbocycles. The van der Waals surface area contributed by atoms with Gasteiger partial charge in [-0.1, -0.05) is 30.3 Å². The zero-order valence-corrected chi connectivity index (χ0v) is 9.80. The van der Waals surface area contributed by atoms with Crippen LogP contribution in [0.4, 0.5) is 4.39 Å². The molecule has 0 spiro atoms. The molecule has 2 rings (SSSR count). The second-order valence-corrected chi connectivity index (χ2v) is 3.88. The van der Waals surface area contributed by atoms with Gasteiger partial charge in [0, 0.05) is 6.42 Å². The van der Waals surface area contributed by atoms with E-state index in [1.807, 2.05) is 30.3 Å². The topological polar surface area (TPSA) is 26.3 Å². The van der Waals surface area contributed by atoms with Crippen LogP contribution in [-0.2, 0) is 11.2 Å². The van der Waals surface area contributed by atoms with Crippen molar-refractivity contribution in [2.75, 3.05) is 6.61 Å². The molecule has 0 aliphatic heterocycles. The summed E-state index contributed by atoms with van der Waals surface area (Å²) >= 11 is 0. The van der Waals surface area contributed by atoms with Crippen LogP contribution in [0.15, 0.2) is 54.6 Å². The average Bonchev–Trinajstić information content (AvgIpc) is 2.40. The number of halogens is 1. The largest absolute Gasteiger partial charge is 0.462 e. The van der Waals surface area contributed by atoms with Crippen LogP contribution in [0.25, 0.3) is 0 Å². The van der Waals surface area contributed by atoms with Crippen molar-refractivity contribution in [2.45, 2.75) is 6.42 Å². The van der Waals surface area contributed by atoms with Crippen molar-refractivity contribution in [3.8, 4) is 0 Å². The zero-order valence-electron chi connectivity index (χ0n) is 9.80. The highest BCUT2D eigenvalue weighted by Crippen LogP contribution is 2.05. The van der Waals surface area contributed by atoms with E-state index in [1.54, 1.807) is 0 Å². The molecule has 0 saturated carbocycles. The lowest BCUT2D eigenvalue weighted by Crippen LogP contribution is -2.08. The summed E-state index contributed by atoms with van der Waals surface area (Å²) < 4.78 is 17.8. The predicted octanol–water partition coefficient (Wildman–Crippen LogP) is 3.23. The summed E-state index contributed by atoms with van der Waals surface area (Å²) in [4.78, 5) is 11.6. The molecular weight excluding hydrogens is 231 g/mol. The fraction of sp³-hybridized carbons (Fsp3) is 0.133. The molecule has 3 heteroatoms. The van der Waals surface area contributed by atoms with Gasteiger partial charge in [-0.25, -0.2) is 9.18 Å². The van der Waals surface area contributed by atoms with Crippen molar-refractivity contribution in [3.63, 3.8) is 0 Å². The molecule has 2 aromatic rings. The minimum atomic E-state index is -0.425. The van der Waals surface area contributed by atoms with Crippen LogP contribution in [-0.4, -0.2) is 12.6 Å². The fourth-order valence-corrected chi connectivity index (χ4v) is 1.58. The van der Waals surface area contributed by atoms with Crippen LogP contribution in [0.3, 0.4) is 0 Å². The summed E-state index contributed by atoms with van der Waals surface area (Å²) in [6.07, 6.45) is 0.674. The van der Waals surface area contributed by atoms with Gasteiger partial charge in [-0.05, 0) is 29.8 Å². The Labute approximate surface area is 105 Å². The number of benzene rings is 2. The molecule has 0 fully saturated rings. The zero-order chi connectivity index (χ0) is 12.8. The number of ether oxygens (including phenoxy) is 1. The molecule has 18 heavy (non-hydrogen) atoms. The summed E-state index contributed by atoms with van der Waals surface area (Å²) in [6.45, 7) is 0.320. The molecule has 0 unspecified atom stereocenters. The Hall–Kier alpha value is -2.16. The van der Waals surface area contributed by atoms with Crippen molar-refractivity contribution in [1.29, 1.82) is 0 Å². The molecule has 0 aliphatic carbocycles. The van der Waals surface area contributed by atoms with Crippen molar-refractivity contribution in [1.82, 2.24) is 0 Å². The Morgan fingerprint density at radius 3 is 2.33 bits per heavy atom. The van der Waals surface area contributed by atoms with Crippen LogP contribution in [0.2, 0.25) is 0 Å². The third-order valence-corrected chi connectivity index (χ3v) is 2.55. The van der Waals surface area contributed by atoms with E-state index in [-0.39, 0.29) is 5.82 Å². The van der Waals surface area contributed by atoms with Crippen LogP contribution >= 0.6 is 0 Å². The summed E-state index contributed by atoms with van der Waals surface area (Å²) in [5.74, 6) is -0.790. The van der Waals surface area contributed by atoms with Gasteiger partial charge in [-0.2, -0.15) is 0 Å². The fourth-order valence-electron chi connectivity index (χ4n) is 1.58. The first kappa shape index (κ1) is 12.3. The molecule has 0 radical (unpaired) electrons. The normalized spacial score (nSPS) is 10.1. The minimum Gasteiger partial charge on any atom is -0.462 e. The van der Waals surface area contributed by atoms with Crippen molar-refractivity contribution in [3.05, 3.63) is 71.5 Å². The SMILES string of the molecule is O=C(OCCc1ccccc1)c1ccc(F)cc1. The lowest BCUT2D eigenvalue weighted by Gasteiger charge is -2.04. The van der Waals surface area contributed by atoms with E-state index >= 15 is 0 Å². The maximum atomic E-state index is 12.7. The third kappa shape index (κ3) is 3.42. The number of carbonyl (C=O) groups excluding carboxylic acids is 1. The smallest absolute Gasteiger partial charge is 0.338 e. The van der Waals surface area contributed by atoms with Gasteiger partial charge in [0.25, 0.3) is 0 Å². The maximum absolute atomic E-state index is 12.7. The lowest BCUT2D eigenvalue weighted by atomic mass is 10.2. The Morgan fingerprint density at radius 1 is 1.00 bits per heavy atom. The first-order chi connectivity index (χ1) is 8.75. The Morgan fingerprint density at radius 2 is 1.67 bits per heavy atom. The van der Waals surface area contributed by atoms with Crippen LogP contribution in [0.1, 0.15) is 15.9 Å². The van der Waals surface area contributed by atoms with Gasteiger partial charge in [0.05, 0.1) is 12.2 Å². The summed E-state index contributed by atoms with van der Waals surface area (Å²) in [5, 5.41) is 0. The molecule has 0 aliphatic rings. The maximum Gasteiger partial charge on any atom is 0.338 e. The number of carbonyl (C=O) groups is 1. The monoisotopic (exact) mass is 244 g/mol. The number of rotatable bonds is 4. The minimum absolute atomic E-state index is 0.320. The lowest BCUT2D eigenvalue weighted by molar-refractivity contribution is 0.0509. The number of esters is 1. The first-order valence-electron chi connectivity index (χ1n) is 5.72.